The van der Waals surface area contributed by atoms with Crippen LogP contribution < -0.4 is 0 Å². The van der Waals surface area contributed by atoms with E-state index in [1.165, 1.54) is 0 Å². The van der Waals surface area contributed by atoms with Crippen LogP contribution in [-0.4, -0.2) is 0 Å². The van der Waals surface area contributed by atoms with Crippen LogP contribution >= 0.6 is 52.1 Å². The molecule has 5 heavy (non-hydrogen) atoms. The van der Waals surface area contributed by atoms with Gasteiger partial charge in [0.2, 0.25) is 0 Å². The molecular formula is Br4Nb. The van der Waals surface area contributed by atoms with Gasteiger partial charge in [-0.25, -0.2) is 0 Å². The van der Waals surface area contributed by atoms with Gasteiger partial charge in [-0.3, -0.25) is 0 Å². The maximum atomic E-state index is 3.32. The fourth-order valence-electron chi connectivity index (χ4n) is 0. The summed E-state index contributed by atoms with van der Waals surface area (Å²) in [5, 5.41) is 0. The van der Waals surface area contributed by atoms with Crippen LogP contribution in [-0.2, 0) is 8.59 Å². The standard InChI is InChI=1S/4BrH.Nb/h4*1H;/q;;;;+4/p-4. The quantitative estimate of drug-likeness (QED) is 0.535. The summed E-state index contributed by atoms with van der Waals surface area (Å²) >= 11 is 13.3. The fraction of sp³-hybridized carbons (Fsp3) is 0. The van der Waals surface area contributed by atoms with Crippen molar-refractivity contribution in [2.45, 2.75) is 0 Å². The van der Waals surface area contributed by atoms with E-state index in [2.05, 4.69) is 52.1 Å². The summed E-state index contributed by atoms with van der Waals surface area (Å²) in [6.07, 6.45) is 0. The summed E-state index contributed by atoms with van der Waals surface area (Å²) in [5.41, 5.74) is 0. The average Bonchev–Trinajstić information content (AvgIpc) is 0.722. The van der Waals surface area contributed by atoms with Gasteiger partial charge in [0.25, 0.3) is 0 Å². The molecule has 0 saturated carbocycles. The Morgan fingerprint density at radius 3 is 0.800 bits per heavy atom. The van der Waals surface area contributed by atoms with Gasteiger partial charge in [-0.05, 0) is 0 Å². The first kappa shape index (κ1) is 7.66. The summed E-state index contributed by atoms with van der Waals surface area (Å²) < 4.78 is 0. The molecule has 0 fully saturated rings. The molecule has 0 aromatic rings. The molecule has 0 aliphatic heterocycles. The van der Waals surface area contributed by atoms with Crippen LogP contribution in [0.25, 0.3) is 0 Å². The molecule has 0 atom stereocenters. The predicted octanol–water partition coefficient (Wildman–Crippen LogP) is 3.38. The third-order valence-electron chi connectivity index (χ3n) is 0. The van der Waals surface area contributed by atoms with Gasteiger partial charge in [-0.2, -0.15) is 0 Å². The van der Waals surface area contributed by atoms with Crippen LogP contribution in [0.4, 0.5) is 0 Å². The normalized spacial score (nSPS) is 12.0. The molecule has 0 aromatic carbocycles. The van der Waals surface area contributed by atoms with Crippen molar-refractivity contribution in [2.75, 3.05) is 0 Å². The van der Waals surface area contributed by atoms with Crippen molar-refractivity contribution < 1.29 is 8.59 Å². The van der Waals surface area contributed by atoms with Crippen molar-refractivity contribution in [1.29, 1.82) is 0 Å². The molecule has 0 nitrogen and oxygen atoms in total. The Kier molecular flexibility index (Phi) is 4.36. The van der Waals surface area contributed by atoms with Gasteiger partial charge < -0.3 is 0 Å². The van der Waals surface area contributed by atoms with E-state index in [1.54, 1.807) is 0 Å². The van der Waals surface area contributed by atoms with E-state index in [4.69, 9.17) is 0 Å². The van der Waals surface area contributed by atoms with Crippen molar-refractivity contribution in [3.05, 3.63) is 0 Å². The van der Waals surface area contributed by atoms with Gasteiger partial charge in [0.1, 0.15) is 0 Å². The molecule has 0 aliphatic rings. The maximum absolute atomic E-state index is 3.32. The summed E-state index contributed by atoms with van der Waals surface area (Å²) in [7, 11) is -1.85. The van der Waals surface area contributed by atoms with Crippen LogP contribution in [0, 0.1) is 0 Å². The number of hydrogen-bond donors (Lipinski definition) is 0. The van der Waals surface area contributed by atoms with E-state index >= 15 is 0 Å². The molecule has 5 heteroatoms. The summed E-state index contributed by atoms with van der Waals surface area (Å²) in [6.45, 7) is 0. The van der Waals surface area contributed by atoms with Crippen LogP contribution in [0.3, 0.4) is 0 Å². The van der Waals surface area contributed by atoms with E-state index in [0.29, 0.717) is 0 Å². The zero-order valence-electron chi connectivity index (χ0n) is 1.96. The van der Waals surface area contributed by atoms with Gasteiger partial charge >= 0.3 is 60.7 Å². The third-order valence-corrected chi connectivity index (χ3v) is 0. The van der Waals surface area contributed by atoms with Crippen molar-refractivity contribution in [2.24, 2.45) is 0 Å². The van der Waals surface area contributed by atoms with Gasteiger partial charge in [0.15, 0.2) is 0 Å². The number of hydrogen-bond acceptors (Lipinski definition) is 0. The summed E-state index contributed by atoms with van der Waals surface area (Å²) in [6, 6.07) is 0. The Bertz CT molecular complexity index is 19.1. The van der Waals surface area contributed by atoms with Crippen molar-refractivity contribution in [1.82, 2.24) is 0 Å². The van der Waals surface area contributed by atoms with E-state index in [-0.39, 0.29) is 0 Å². The fourth-order valence-corrected chi connectivity index (χ4v) is 0. The molecule has 0 unspecified atom stereocenters. The second kappa shape index (κ2) is 2.85. The second-order valence-corrected chi connectivity index (χ2v) is 61.2. The molecular weight excluding hydrogens is 413 g/mol. The minimum absolute atomic E-state index is 1.85. The first-order valence-corrected chi connectivity index (χ1v) is 20.8. The first-order chi connectivity index (χ1) is 2.00. The Labute approximate surface area is 59.4 Å². The molecule has 0 amide bonds. The zero-order valence-corrected chi connectivity index (χ0v) is 10.5. The molecule has 0 bridgehead atoms. The van der Waals surface area contributed by atoms with Crippen LogP contribution in [0.1, 0.15) is 0 Å². The second-order valence-electron chi connectivity index (χ2n) is 0.383. The third kappa shape index (κ3) is 20.4. The number of halogens is 4. The van der Waals surface area contributed by atoms with Crippen molar-refractivity contribution in [3.63, 3.8) is 0 Å². The zero-order chi connectivity index (χ0) is 4.50. The van der Waals surface area contributed by atoms with Gasteiger partial charge in [-0.1, -0.05) is 0 Å². The monoisotopic (exact) mass is 409 g/mol. The topological polar surface area (TPSA) is 0 Å². The van der Waals surface area contributed by atoms with Crippen molar-refractivity contribution >= 4 is 52.1 Å². The van der Waals surface area contributed by atoms with Crippen molar-refractivity contribution in [3.8, 4) is 0 Å². The predicted molar refractivity (Wildman–Crippen MR) is 35.7 cm³/mol. The molecule has 0 heterocycles. The Hall–Kier alpha value is 2.66. The summed E-state index contributed by atoms with van der Waals surface area (Å²) in [4.78, 5) is 0. The molecule has 0 saturated heterocycles. The Morgan fingerprint density at radius 1 is 0.800 bits per heavy atom. The van der Waals surface area contributed by atoms with Crippen LogP contribution in [0.5, 0.6) is 0 Å². The van der Waals surface area contributed by atoms with E-state index in [9.17, 15) is 0 Å². The Balaban J connectivity index is 3.02. The average molecular weight is 413 g/mol. The van der Waals surface area contributed by atoms with Gasteiger partial charge in [-0.15, -0.1) is 0 Å². The van der Waals surface area contributed by atoms with E-state index in [1.807, 2.05) is 0 Å². The minimum atomic E-state index is -1.85. The molecule has 33 valence electrons. The molecule has 0 aromatic heterocycles. The number of rotatable bonds is 0. The van der Waals surface area contributed by atoms with E-state index in [0.717, 1.165) is 0 Å². The molecule has 0 N–H and O–H groups in total. The van der Waals surface area contributed by atoms with Gasteiger partial charge in [0.05, 0.1) is 0 Å². The first-order valence-electron chi connectivity index (χ1n) is 0.676. The van der Waals surface area contributed by atoms with Crippen LogP contribution in [0.2, 0.25) is 0 Å². The van der Waals surface area contributed by atoms with Crippen LogP contribution in [0.15, 0.2) is 0 Å². The van der Waals surface area contributed by atoms with E-state index < -0.39 is 8.59 Å². The molecule has 0 radical (unpaired) electrons. The summed E-state index contributed by atoms with van der Waals surface area (Å²) in [5.74, 6) is 0. The van der Waals surface area contributed by atoms with Gasteiger partial charge in [0, 0.05) is 0 Å². The SMILES string of the molecule is [Br][Nb]([Br])([Br])[Br]. The Morgan fingerprint density at radius 2 is 0.800 bits per heavy atom. The molecule has 0 spiro atoms. The molecule has 0 rings (SSSR count). The molecule has 0 aliphatic carbocycles.